The molecule has 0 bridgehead atoms. The van der Waals surface area contributed by atoms with Crippen LogP contribution < -0.4 is 0 Å². The number of hydrogen-bond donors (Lipinski definition) is 1. The molecule has 0 radical (unpaired) electrons. The maximum atomic E-state index is 8.83. The molecule has 0 heterocycles. The molecule has 0 aromatic carbocycles. The minimum absolute atomic E-state index is 0.0654. The van der Waals surface area contributed by atoms with E-state index in [2.05, 4.69) is 13.2 Å². The van der Waals surface area contributed by atoms with Gasteiger partial charge < -0.3 is 10.0 Å². The van der Waals surface area contributed by atoms with Crippen molar-refractivity contribution in [1.82, 2.24) is 4.90 Å². The van der Waals surface area contributed by atoms with Gasteiger partial charge >= 0.3 is 0 Å². The summed E-state index contributed by atoms with van der Waals surface area (Å²) in [5.74, 6) is 0.0654. The third kappa shape index (κ3) is 3.50. The Hall–Kier alpha value is -1.18. The first kappa shape index (κ1) is 9.82. The fraction of sp³-hybridized carbons (Fsp3) is 0.333. The van der Waals surface area contributed by atoms with Crippen molar-refractivity contribution in [1.29, 1.82) is 0 Å². The number of rotatable bonds is 3. The lowest BCUT2D eigenvalue weighted by atomic mass is 10.3. The predicted octanol–water partition coefficient (Wildman–Crippen LogP) is 2.43. The van der Waals surface area contributed by atoms with E-state index in [4.69, 9.17) is 5.11 Å². The molecule has 0 atom stereocenters. The van der Waals surface area contributed by atoms with Crippen molar-refractivity contribution in [3.05, 3.63) is 36.4 Å². The molecule has 0 aromatic heterocycles. The lowest BCUT2D eigenvalue weighted by Gasteiger charge is -2.19. The van der Waals surface area contributed by atoms with Crippen molar-refractivity contribution in [2.24, 2.45) is 0 Å². The van der Waals surface area contributed by atoms with Crippen molar-refractivity contribution in [3.8, 4) is 0 Å². The van der Waals surface area contributed by atoms with E-state index in [1.807, 2.05) is 25.8 Å². The summed E-state index contributed by atoms with van der Waals surface area (Å²) in [4.78, 5) is 1.88. The van der Waals surface area contributed by atoms with Gasteiger partial charge in [-0.05, 0) is 19.9 Å². The first-order valence-corrected chi connectivity index (χ1v) is 3.40. The second kappa shape index (κ2) is 3.86. The van der Waals surface area contributed by atoms with Crippen LogP contribution in [0, 0.1) is 0 Å². The standard InChI is InChI=1S/C9H15NO/c1-7(2)10(5)8(3)6-9(4)11/h6,11H,1,4H2,2-3,5H3/b8-6+. The highest BCUT2D eigenvalue weighted by Gasteiger charge is 1.97. The van der Waals surface area contributed by atoms with E-state index in [1.165, 1.54) is 0 Å². The molecule has 0 amide bonds. The van der Waals surface area contributed by atoms with Crippen molar-refractivity contribution in [2.75, 3.05) is 7.05 Å². The van der Waals surface area contributed by atoms with E-state index in [9.17, 15) is 0 Å². The molecule has 0 aliphatic carbocycles. The van der Waals surface area contributed by atoms with Crippen LogP contribution in [0.15, 0.2) is 36.4 Å². The normalized spacial score (nSPS) is 11.0. The molecule has 0 saturated carbocycles. The topological polar surface area (TPSA) is 23.5 Å². The fourth-order valence-electron chi connectivity index (χ4n) is 0.639. The smallest absolute Gasteiger partial charge is 0.110 e. The van der Waals surface area contributed by atoms with Crippen LogP contribution in [0.25, 0.3) is 0 Å². The highest BCUT2D eigenvalue weighted by Crippen LogP contribution is 2.07. The lowest BCUT2D eigenvalue weighted by Crippen LogP contribution is -2.12. The van der Waals surface area contributed by atoms with Gasteiger partial charge in [0.2, 0.25) is 0 Å². The summed E-state index contributed by atoms with van der Waals surface area (Å²) in [6.07, 6.45) is 1.59. The molecule has 0 fully saturated rings. The van der Waals surface area contributed by atoms with E-state index >= 15 is 0 Å². The monoisotopic (exact) mass is 153 g/mol. The maximum absolute atomic E-state index is 8.83. The molecule has 0 unspecified atom stereocenters. The van der Waals surface area contributed by atoms with E-state index in [0.717, 1.165) is 11.4 Å². The summed E-state index contributed by atoms with van der Waals surface area (Å²) >= 11 is 0. The van der Waals surface area contributed by atoms with Crippen LogP contribution in [0.5, 0.6) is 0 Å². The zero-order chi connectivity index (χ0) is 9.02. The number of nitrogens with zero attached hydrogens (tertiary/aromatic N) is 1. The van der Waals surface area contributed by atoms with Gasteiger partial charge in [0.15, 0.2) is 0 Å². The second-order valence-electron chi connectivity index (χ2n) is 2.57. The molecular formula is C9H15NO. The third-order valence-electron chi connectivity index (χ3n) is 1.48. The molecule has 0 aliphatic heterocycles. The number of hydrogen-bond acceptors (Lipinski definition) is 2. The van der Waals surface area contributed by atoms with Crippen LogP contribution in [0.3, 0.4) is 0 Å². The van der Waals surface area contributed by atoms with Crippen LogP contribution in [-0.4, -0.2) is 17.1 Å². The second-order valence-corrected chi connectivity index (χ2v) is 2.57. The largest absolute Gasteiger partial charge is 0.509 e. The van der Waals surface area contributed by atoms with Crippen LogP contribution in [0.1, 0.15) is 13.8 Å². The fourth-order valence-corrected chi connectivity index (χ4v) is 0.639. The first-order valence-electron chi connectivity index (χ1n) is 3.40. The third-order valence-corrected chi connectivity index (χ3v) is 1.48. The highest BCUT2D eigenvalue weighted by atomic mass is 16.3. The van der Waals surface area contributed by atoms with Gasteiger partial charge in [-0.25, -0.2) is 0 Å². The average Bonchev–Trinajstić information content (AvgIpc) is 1.84. The van der Waals surface area contributed by atoms with Crippen LogP contribution in [0.4, 0.5) is 0 Å². The molecule has 0 aliphatic rings. The van der Waals surface area contributed by atoms with Gasteiger partial charge in [-0.3, -0.25) is 0 Å². The minimum atomic E-state index is 0.0654. The number of aliphatic hydroxyl groups excluding tert-OH is 1. The van der Waals surface area contributed by atoms with Crippen LogP contribution >= 0.6 is 0 Å². The molecular weight excluding hydrogens is 138 g/mol. The predicted molar refractivity (Wildman–Crippen MR) is 48.1 cm³/mol. The van der Waals surface area contributed by atoms with Gasteiger partial charge in [-0.15, -0.1) is 0 Å². The molecule has 0 saturated heterocycles. The van der Waals surface area contributed by atoms with Gasteiger partial charge in [0.05, 0.1) is 0 Å². The quantitative estimate of drug-likeness (QED) is 0.497. The summed E-state index contributed by atoms with van der Waals surface area (Å²) < 4.78 is 0. The summed E-state index contributed by atoms with van der Waals surface area (Å²) in [5.41, 5.74) is 1.85. The molecule has 2 nitrogen and oxygen atoms in total. The Balaban J connectivity index is 4.35. The summed E-state index contributed by atoms with van der Waals surface area (Å²) in [7, 11) is 1.89. The summed E-state index contributed by atoms with van der Waals surface area (Å²) in [6, 6.07) is 0. The van der Waals surface area contributed by atoms with E-state index < -0.39 is 0 Å². The van der Waals surface area contributed by atoms with Crippen molar-refractivity contribution in [3.63, 3.8) is 0 Å². The lowest BCUT2D eigenvalue weighted by molar-refractivity contribution is 0.428. The first-order chi connectivity index (χ1) is 4.95. The van der Waals surface area contributed by atoms with Gasteiger partial charge in [-0.2, -0.15) is 0 Å². The summed E-state index contributed by atoms with van der Waals surface area (Å²) in [6.45, 7) is 10.9. The van der Waals surface area contributed by atoms with Crippen molar-refractivity contribution < 1.29 is 5.11 Å². The Morgan fingerprint density at radius 1 is 1.36 bits per heavy atom. The van der Waals surface area contributed by atoms with Gasteiger partial charge in [-0.1, -0.05) is 13.2 Å². The van der Waals surface area contributed by atoms with Gasteiger partial charge in [0, 0.05) is 18.4 Å². The maximum Gasteiger partial charge on any atom is 0.110 e. The van der Waals surface area contributed by atoms with Gasteiger partial charge in [0.1, 0.15) is 5.76 Å². The summed E-state index contributed by atoms with van der Waals surface area (Å²) in [5, 5.41) is 8.83. The number of allylic oxidation sites excluding steroid dienone is 3. The van der Waals surface area contributed by atoms with Gasteiger partial charge in [0.25, 0.3) is 0 Å². The van der Waals surface area contributed by atoms with Crippen LogP contribution in [0.2, 0.25) is 0 Å². The molecule has 0 spiro atoms. The Labute approximate surface area is 68.1 Å². The molecule has 1 N–H and O–H groups in total. The number of aliphatic hydroxyl groups is 1. The molecule has 2 heteroatoms. The molecule has 0 rings (SSSR count). The van der Waals surface area contributed by atoms with E-state index in [-0.39, 0.29) is 5.76 Å². The average molecular weight is 153 g/mol. The Morgan fingerprint density at radius 2 is 1.82 bits per heavy atom. The SMILES string of the molecule is C=C(O)/C=C(\C)N(C)C(=C)C. The zero-order valence-electron chi connectivity index (χ0n) is 7.39. The molecule has 62 valence electrons. The highest BCUT2D eigenvalue weighted by molar-refractivity contribution is 5.15. The minimum Gasteiger partial charge on any atom is -0.509 e. The van der Waals surface area contributed by atoms with Crippen LogP contribution in [-0.2, 0) is 0 Å². The Kier molecular flexibility index (Phi) is 3.45. The molecule has 11 heavy (non-hydrogen) atoms. The zero-order valence-corrected chi connectivity index (χ0v) is 7.39. The van der Waals surface area contributed by atoms with E-state index in [1.54, 1.807) is 6.08 Å². The van der Waals surface area contributed by atoms with Crippen molar-refractivity contribution >= 4 is 0 Å². The van der Waals surface area contributed by atoms with E-state index in [0.29, 0.717) is 0 Å². The Morgan fingerprint density at radius 3 is 2.09 bits per heavy atom. The van der Waals surface area contributed by atoms with Crippen molar-refractivity contribution in [2.45, 2.75) is 13.8 Å². The Bertz CT molecular complexity index is 204. The molecule has 0 aromatic rings.